The molecule has 2 saturated heterocycles. The van der Waals surface area contributed by atoms with E-state index < -0.39 is 0 Å². The molecular weight excluding hydrogens is 394 g/mol. The number of hydrogen-bond acceptors (Lipinski definition) is 6. The minimum absolute atomic E-state index is 0.0999. The summed E-state index contributed by atoms with van der Waals surface area (Å²) < 4.78 is 0. The Labute approximate surface area is 180 Å². The van der Waals surface area contributed by atoms with Crippen LogP contribution in [0.2, 0.25) is 0 Å². The number of amides is 1. The zero-order chi connectivity index (χ0) is 20.3. The van der Waals surface area contributed by atoms with Gasteiger partial charge in [0.05, 0.1) is 0 Å². The molecule has 154 valence electrons. The largest absolute Gasteiger partial charge is 0.355 e. The first-order valence-corrected chi connectivity index (χ1v) is 11.4. The van der Waals surface area contributed by atoms with Gasteiger partial charge in [0.15, 0.2) is 11.6 Å². The second kappa shape index (κ2) is 8.44. The smallest absolute Gasteiger partial charge is 0.253 e. The molecule has 2 aliphatic rings. The molecule has 6 nitrogen and oxygen atoms in total. The van der Waals surface area contributed by atoms with Crippen LogP contribution in [0.5, 0.6) is 0 Å². The highest BCUT2D eigenvalue weighted by atomic mass is 32.1. The summed E-state index contributed by atoms with van der Waals surface area (Å²) >= 11 is 1.71. The van der Waals surface area contributed by atoms with Gasteiger partial charge in [0, 0.05) is 49.7 Å². The molecular formula is C23H25N5OS. The van der Waals surface area contributed by atoms with Gasteiger partial charge < -0.3 is 14.7 Å². The fourth-order valence-corrected chi connectivity index (χ4v) is 4.88. The summed E-state index contributed by atoms with van der Waals surface area (Å²) in [5.74, 6) is 1.96. The summed E-state index contributed by atoms with van der Waals surface area (Å²) in [7, 11) is 0. The predicted molar refractivity (Wildman–Crippen MR) is 121 cm³/mol. The van der Waals surface area contributed by atoms with Crippen molar-refractivity contribution in [1.82, 2.24) is 15.1 Å². The molecule has 4 heterocycles. The molecule has 1 aromatic carbocycles. The molecule has 0 atom stereocenters. The number of piperazine rings is 1. The van der Waals surface area contributed by atoms with Crippen molar-refractivity contribution in [3.63, 3.8) is 0 Å². The van der Waals surface area contributed by atoms with Crippen molar-refractivity contribution in [3.8, 4) is 10.4 Å². The number of carbonyl (C=O) groups excluding carboxylic acids is 1. The van der Waals surface area contributed by atoms with Gasteiger partial charge in [-0.05, 0) is 54.1 Å². The van der Waals surface area contributed by atoms with Crippen molar-refractivity contribution in [2.24, 2.45) is 0 Å². The van der Waals surface area contributed by atoms with Gasteiger partial charge in [-0.3, -0.25) is 4.79 Å². The van der Waals surface area contributed by atoms with Crippen LogP contribution in [0, 0.1) is 0 Å². The summed E-state index contributed by atoms with van der Waals surface area (Å²) in [4.78, 5) is 20.6. The average molecular weight is 420 g/mol. The SMILES string of the molecule is O=C(c1ccc(-c2cccs2)cc1)N1CCN(c2ccc(N3CCCC3)nn2)CC1. The summed E-state index contributed by atoms with van der Waals surface area (Å²) in [5.41, 5.74) is 1.90. The quantitative estimate of drug-likeness (QED) is 0.644. The zero-order valence-electron chi connectivity index (χ0n) is 16.9. The highest BCUT2D eigenvalue weighted by molar-refractivity contribution is 7.13. The third-order valence-electron chi connectivity index (χ3n) is 5.89. The number of aromatic nitrogens is 2. The Morgan fingerprint density at radius 1 is 0.767 bits per heavy atom. The van der Waals surface area contributed by atoms with Crippen molar-refractivity contribution < 1.29 is 4.79 Å². The number of nitrogens with zero attached hydrogens (tertiary/aromatic N) is 5. The molecule has 0 radical (unpaired) electrons. The summed E-state index contributed by atoms with van der Waals surface area (Å²) in [6.07, 6.45) is 2.46. The molecule has 0 spiro atoms. The van der Waals surface area contributed by atoms with E-state index in [1.807, 2.05) is 35.2 Å². The standard InChI is InChI=1S/C23H25N5OS/c29-23(19-7-5-18(6-8-19)20-4-3-17-30-20)28-15-13-27(14-16-28)22-10-9-21(24-25-22)26-11-1-2-12-26/h3-10,17H,1-2,11-16H2. The van der Waals surface area contributed by atoms with E-state index in [0.29, 0.717) is 13.1 Å². The number of rotatable bonds is 4. The lowest BCUT2D eigenvalue weighted by Gasteiger charge is -2.35. The van der Waals surface area contributed by atoms with Crippen molar-refractivity contribution in [1.29, 1.82) is 0 Å². The Bertz CT molecular complexity index is 973. The van der Waals surface area contributed by atoms with E-state index in [1.165, 1.54) is 17.7 Å². The zero-order valence-corrected chi connectivity index (χ0v) is 17.7. The first-order valence-electron chi connectivity index (χ1n) is 10.5. The fourth-order valence-electron chi connectivity index (χ4n) is 4.14. The Balaban J connectivity index is 1.18. The van der Waals surface area contributed by atoms with Crippen LogP contribution >= 0.6 is 11.3 Å². The van der Waals surface area contributed by atoms with Gasteiger partial charge in [-0.25, -0.2) is 0 Å². The van der Waals surface area contributed by atoms with Crippen molar-refractivity contribution >= 4 is 28.9 Å². The van der Waals surface area contributed by atoms with E-state index in [2.05, 4.69) is 43.6 Å². The molecule has 30 heavy (non-hydrogen) atoms. The maximum atomic E-state index is 12.9. The molecule has 0 unspecified atom stereocenters. The lowest BCUT2D eigenvalue weighted by atomic mass is 10.1. The van der Waals surface area contributed by atoms with Crippen LogP contribution in [0.25, 0.3) is 10.4 Å². The molecule has 7 heteroatoms. The Kier molecular flexibility index (Phi) is 5.36. The third kappa shape index (κ3) is 3.89. The number of anilines is 2. The van der Waals surface area contributed by atoms with Crippen LogP contribution < -0.4 is 9.80 Å². The van der Waals surface area contributed by atoms with Gasteiger partial charge >= 0.3 is 0 Å². The van der Waals surface area contributed by atoms with Crippen molar-refractivity contribution in [3.05, 3.63) is 59.5 Å². The normalized spacial score (nSPS) is 16.9. The number of thiophene rings is 1. The minimum Gasteiger partial charge on any atom is -0.355 e. The summed E-state index contributed by atoms with van der Waals surface area (Å²) in [6.45, 7) is 5.09. The molecule has 0 bridgehead atoms. The van der Waals surface area contributed by atoms with E-state index in [0.717, 1.165) is 48.9 Å². The number of carbonyl (C=O) groups is 1. The predicted octanol–water partition coefficient (Wildman–Crippen LogP) is 3.77. The van der Waals surface area contributed by atoms with Gasteiger partial charge in [-0.15, -0.1) is 21.5 Å². The summed E-state index contributed by atoms with van der Waals surface area (Å²) in [5, 5.41) is 10.9. The van der Waals surface area contributed by atoms with Crippen LogP contribution in [0.3, 0.4) is 0 Å². The lowest BCUT2D eigenvalue weighted by molar-refractivity contribution is 0.0746. The highest BCUT2D eigenvalue weighted by Crippen LogP contribution is 2.25. The van der Waals surface area contributed by atoms with E-state index in [1.54, 1.807) is 11.3 Å². The second-order valence-corrected chi connectivity index (χ2v) is 8.73. The van der Waals surface area contributed by atoms with Crippen LogP contribution in [0.1, 0.15) is 23.2 Å². The highest BCUT2D eigenvalue weighted by Gasteiger charge is 2.23. The van der Waals surface area contributed by atoms with Crippen LogP contribution in [-0.4, -0.2) is 60.3 Å². The lowest BCUT2D eigenvalue weighted by Crippen LogP contribution is -2.49. The second-order valence-electron chi connectivity index (χ2n) is 7.78. The van der Waals surface area contributed by atoms with Crippen LogP contribution in [0.4, 0.5) is 11.6 Å². The molecule has 5 rings (SSSR count). The van der Waals surface area contributed by atoms with Gasteiger partial charge in [-0.2, -0.15) is 0 Å². The van der Waals surface area contributed by atoms with Gasteiger partial charge in [0.1, 0.15) is 0 Å². The molecule has 2 fully saturated rings. The van der Waals surface area contributed by atoms with E-state index in [-0.39, 0.29) is 5.91 Å². The van der Waals surface area contributed by atoms with Gasteiger partial charge in [0.25, 0.3) is 5.91 Å². The van der Waals surface area contributed by atoms with E-state index >= 15 is 0 Å². The van der Waals surface area contributed by atoms with Crippen molar-refractivity contribution in [2.75, 3.05) is 49.1 Å². The molecule has 1 amide bonds. The number of hydrogen-bond donors (Lipinski definition) is 0. The minimum atomic E-state index is 0.0999. The molecule has 2 aliphatic heterocycles. The third-order valence-corrected chi connectivity index (χ3v) is 6.81. The number of benzene rings is 1. The first-order chi connectivity index (χ1) is 14.8. The van der Waals surface area contributed by atoms with Crippen LogP contribution in [0.15, 0.2) is 53.9 Å². The molecule has 0 aliphatic carbocycles. The van der Waals surface area contributed by atoms with Gasteiger partial charge in [0.2, 0.25) is 0 Å². The Morgan fingerprint density at radius 2 is 1.40 bits per heavy atom. The monoisotopic (exact) mass is 419 g/mol. The Hall–Kier alpha value is -2.93. The van der Waals surface area contributed by atoms with Gasteiger partial charge in [-0.1, -0.05) is 18.2 Å². The Morgan fingerprint density at radius 3 is 1.97 bits per heavy atom. The maximum Gasteiger partial charge on any atom is 0.253 e. The topological polar surface area (TPSA) is 52.6 Å². The molecule has 2 aromatic heterocycles. The molecule has 0 N–H and O–H groups in total. The average Bonchev–Trinajstić information content (AvgIpc) is 3.54. The fraction of sp³-hybridized carbons (Fsp3) is 0.348. The molecule has 0 saturated carbocycles. The van der Waals surface area contributed by atoms with E-state index in [4.69, 9.17) is 0 Å². The maximum absolute atomic E-state index is 12.9. The van der Waals surface area contributed by atoms with Crippen molar-refractivity contribution in [2.45, 2.75) is 12.8 Å². The first kappa shape index (κ1) is 19.1. The van der Waals surface area contributed by atoms with Crippen LogP contribution in [-0.2, 0) is 0 Å². The molecule has 3 aromatic rings. The van der Waals surface area contributed by atoms with E-state index in [9.17, 15) is 4.79 Å². The summed E-state index contributed by atoms with van der Waals surface area (Å²) in [6, 6.07) is 16.2.